The smallest absolute Gasteiger partial charge is 0.279 e. The molecule has 2 heterocycles. The van der Waals surface area contributed by atoms with Crippen LogP contribution in [0.25, 0.3) is 10.2 Å². The first-order valence-electron chi connectivity index (χ1n) is 8.29. The number of thiazole rings is 1. The first-order chi connectivity index (χ1) is 13.2. The van der Waals surface area contributed by atoms with Gasteiger partial charge in [-0.05, 0) is 24.3 Å². The molecule has 1 aromatic heterocycles. The van der Waals surface area contributed by atoms with Crippen LogP contribution in [0.4, 0.5) is 0 Å². The van der Waals surface area contributed by atoms with Crippen LogP contribution in [0.5, 0.6) is 17.2 Å². The Morgan fingerprint density at radius 1 is 1.26 bits per heavy atom. The molecule has 7 heteroatoms. The lowest BCUT2D eigenvalue weighted by Gasteiger charge is -2.18. The van der Waals surface area contributed by atoms with Crippen LogP contribution >= 0.6 is 11.3 Å². The maximum atomic E-state index is 12.6. The molecule has 27 heavy (non-hydrogen) atoms. The normalized spacial score (nSPS) is 13.4. The van der Waals surface area contributed by atoms with Gasteiger partial charge in [0.15, 0.2) is 16.3 Å². The Morgan fingerprint density at radius 3 is 2.63 bits per heavy atom. The summed E-state index contributed by atoms with van der Waals surface area (Å²) in [5.41, 5.74) is 1.34. The van der Waals surface area contributed by atoms with Crippen LogP contribution in [0.1, 0.15) is 10.4 Å². The number of hydrogen-bond donors (Lipinski definition) is 0. The van der Waals surface area contributed by atoms with E-state index in [1.165, 1.54) is 11.3 Å². The van der Waals surface area contributed by atoms with Crippen molar-refractivity contribution in [3.8, 4) is 29.6 Å². The number of rotatable bonds is 3. The van der Waals surface area contributed by atoms with Gasteiger partial charge in [0.05, 0.1) is 23.9 Å². The van der Waals surface area contributed by atoms with E-state index < -0.39 is 0 Å². The van der Waals surface area contributed by atoms with Gasteiger partial charge in [0.1, 0.15) is 19.0 Å². The number of terminal acetylenes is 1. The van der Waals surface area contributed by atoms with Crippen molar-refractivity contribution < 1.29 is 19.0 Å². The number of benzene rings is 2. The number of fused-ring (bicyclic) bond motifs is 2. The van der Waals surface area contributed by atoms with Crippen molar-refractivity contribution in [3.05, 3.63) is 46.8 Å². The van der Waals surface area contributed by atoms with E-state index in [1.54, 1.807) is 31.4 Å². The Hall–Kier alpha value is -3.24. The summed E-state index contributed by atoms with van der Waals surface area (Å²) in [6.07, 6.45) is 5.53. The van der Waals surface area contributed by atoms with Gasteiger partial charge in [-0.1, -0.05) is 17.3 Å². The molecule has 1 amide bonds. The number of nitrogens with zero attached hydrogens (tertiary/aromatic N) is 2. The van der Waals surface area contributed by atoms with Crippen LogP contribution < -0.4 is 19.0 Å². The van der Waals surface area contributed by atoms with Gasteiger partial charge in [0.25, 0.3) is 5.91 Å². The van der Waals surface area contributed by atoms with Gasteiger partial charge in [-0.3, -0.25) is 4.79 Å². The van der Waals surface area contributed by atoms with Gasteiger partial charge in [-0.15, -0.1) is 6.42 Å². The molecule has 1 aliphatic heterocycles. The fourth-order valence-electron chi connectivity index (χ4n) is 2.82. The lowest BCUT2D eigenvalue weighted by molar-refractivity contribution is 0.0998. The lowest BCUT2D eigenvalue weighted by Crippen LogP contribution is -2.17. The zero-order valence-corrected chi connectivity index (χ0v) is 15.4. The Balaban J connectivity index is 1.81. The molecule has 0 aliphatic carbocycles. The second kappa shape index (κ2) is 7.17. The Kier molecular flexibility index (Phi) is 4.57. The molecule has 0 unspecified atom stereocenters. The van der Waals surface area contributed by atoms with Gasteiger partial charge in [0.2, 0.25) is 0 Å². The molecule has 0 atom stereocenters. The van der Waals surface area contributed by atoms with Gasteiger partial charge >= 0.3 is 0 Å². The third-order valence-electron chi connectivity index (χ3n) is 4.13. The number of hydrogen-bond acceptors (Lipinski definition) is 5. The summed E-state index contributed by atoms with van der Waals surface area (Å²) in [7, 11) is 1.58. The van der Waals surface area contributed by atoms with Crippen LogP contribution in [0.2, 0.25) is 0 Å². The summed E-state index contributed by atoms with van der Waals surface area (Å²) in [6, 6.07) is 10.6. The predicted molar refractivity (Wildman–Crippen MR) is 103 cm³/mol. The van der Waals surface area contributed by atoms with Gasteiger partial charge in [0, 0.05) is 17.7 Å². The Labute approximate surface area is 159 Å². The van der Waals surface area contributed by atoms with E-state index in [9.17, 15) is 4.79 Å². The number of carbonyl (C=O) groups excluding carboxylic acids is 1. The average molecular weight is 380 g/mol. The molecule has 136 valence electrons. The first kappa shape index (κ1) is 17.2. The predicted octanol–water partition coefficient (Wildman–Crippen LogP) is 2.86. The molecule has 0 bridgehead atoms. The molecule has 0 radical (unpaired) electrons. The van der Waals surface area contributed by atoms with Crippen LogP contribution in [-0.2, 0) is 6.54 Å². The highest BCUT2D eigenvalue weighted by Crippen LogP contribution is 2.35. The van der Waals surface area contributed by atoms with Crippen molar-refractivity contribution in [2.24, 2.45) is 4.99 Å². The van der Waals surface area contributed by atoms with Crippen molar-refractivity contribution in [2.45, 2.75) is 6.54 Å². The number of amides is 1. The first-order valence-corrected chi connectivity index (χ1v) is 9.11. The third-order valence-corrected chi connectivity index (χ3v) is 5.17. The second-order valence-corrected chi connectivity index (χ2v) is 6.79. The SMILES string of the molecule is C#CCn1c(=NC(=O)c2ccc(OC)cc2)sc2cc3c(cc21)OCCO3. The van der Waals surface area contributed by atoms with Gasteiger partial charge < -0.3 is 18.8 Å². The monoisotopic (exact) mass is 380 g/mol. The highest BCUT2D eigenvalue weighted by atomic mass is 32.1. The number of methoxy groups -OCH3 is 1. The number of ether oxygens (including phenoxy) is 3. The summed E-state index contributed by atoms with van der Waals surface area (Å²) in [4.78, 5) is 17.4. The van der Waals surface area contributed by atoms with Crippen LogP contribution in [0.15, 0.2) is 41.4 Å². The van der Waals surface area contributed by atoms with E-state index in [2.05, 4.69) is 10.9 Å². The Bertz CT molecular complexity index is 1120. The number of carbonyl (C=O) groups is 1. The minimum Gasteiger partial charge on any atom is -0.497 e. The maximum absolute atomic E-state index is 12.6. The molecular formula is C20H16N2O4S. The zero-order valence-electron chi connectivity index (χ0n) is 14.6. The fraction of sp³-hybridized carbons (Fsp3) is 0.200. The largest absolute Gasteiger partial charge is 0.497 e. The van der Waals surface area contributed by atoms with Gasteiger partial charge in [-0.2, -0.15) is 4.99 Å². The molecule has 0 saturated carbocycles. The van der Waals surface area contributed by atoms with Crippen LogP contribution in [-0.4, -0.2) is 30.8 Å². The van der Waals surface area contributed by atoms with Gasteiger partial charge in [-0.25, -0.2) is 0 Å². The zero-order chi connectivity index (χ0) is 18.8. The van der Waals surface area contributed by atoms with Crippen LogP contribution in [0.3, 0.4) is 0 Å². The quantitative estimate of drug-likeness (QED) is 0.656. The van der Waals surface area contributed by atoms with Crippen molar-refractivity contribution in [2.75, 3.05) is 20.3 Å². The van der Waals surface area contributed by atoms with E-state index >= 15 is 0 Å². The third kappa shape index (κ3) is 3.27. The summed E-state index contributed by atoms with van der Waals surface area (Å²) < 4.78 is 19.2. The summed E-state index contributed by atoms with van der Waals surface area (Å²) >= 11 is 1.39. The molecule has 3 aromatic rings. The second-order valence-electron chi connectivity index (χ2n) is 5.78. The molecule has 4 rings (SSSR count). The van der Waals surface area contributed by atoms with Crippen molar-refractivity contribution in [1.29, 1.82) is 0 Å². The molecule has 0 N–H and O–H groups in total. The molecule has 0 saturated heterocycles. The topological polar surface area (TPSA) is 62.1 Å². The average Bonchev–Trinajstić information content (AvgIpc) is 3.02. The highest BCUT2D eigenvalue weighted by molar-refractivity contribution is 7.16. The molecule has 0 spiro atoms. The summed E-state index contributed by atoms with van der Waals surface area (Å²) in [5.74, 6) is 4.32. The highest BCUT2D eigenvalue weighted by Gasteiger charge is 2.16. The van der Waals surface area contributed by atoms with E-state index in [0.29, 0.717) is 47.4 Å². The molecule has 6 nitrogen and oxygen atoms in total. The molecule has 1 aliphatic rings. The minimum absolute atomic E-state index is 0.300. The van der Waals surface area contributed by atoms with E-state index in [0.717, 1.165) is 10.2 Å². The Morgan fingerprint density at radius 2 is 1.96 bits per heavy atom. The van der Waals surface area contributed by atoms with Crippen molar-refractivity contribution >= 4 is 27.5 Å². The molecular weight excluding hydrogens is 364 g/mol. The van der Waals surface area contributed by atoms with Crippen molar-refractivity contribution in [3.63, 3.8) is 0 Å². The van der Waals surface area contributed by atoms with E-state index in [4.69, 9.17) is 20.6 Å². The minimum atomic E-state index is -0.341. The molecule has 2 aromatic carbocycles. The van der Waals surface area contributed by atoms with E-state index in [1.807, 2.05) is 16.7 Å². The lowest BCUT2D eigenvalue weighted by atomic mass is 10.2. The van der Waals surface area contributed by atoms with E-state index in [-0.39, 0.29) is 5.91 Å². The van der Waals surface area contributed by atoms with Crippen molar-refractivity contribution in [1.82, 2.24) is 4.57 Å². The summed E-state index contributed by atoms with van der Waals surface area (Å²) in [6.45, 7) is 1.32. The maximum Gasteiger partial charge on any atom is 0.279 e. The fourth-order valence-corrected chi connectivity index (χ4v) is 3.86. The van der Waals surface area contributed by atoms with Crippen LogP contribution in [0, 0.1) is 12.3 Å². The number of aromatic nitrogens is 1. The molecule has 0 fully saturated rings. The standard InChI is InChI=1S/C20H16N2O4S/c1-3-8-22-15-11-16-17(26-10-9-25-16)12-18(15)27-20(22)21-19(23)13-4-6-14(24-2)7-5-13/h1,4-7,11-12H,8-10H2,2H3. The summed E-state index contributed by atoms with van der Waals surface area (Å²) in [5, 5.41) is 0.